The maximum absolute atomic E-state index is 12.6. The lowest BCUT2D eigenvalue weighted by molar-refractivity contribution is 0.371. The fourth-order valence-corrected chi connectivity index (χ4v) is 4.20. The third-order valence-electron chi connectivity index (χ3n) is 4.04. The van der Waals surface area contributed by atoms with E-state index < -0.39 is 10.0 Å². The molecule has 7 heteroatoms. The second-order valence-electron chi connectivity index (χ2n) is 5.92. The van der Waals surface area contributed by atoms with Crippen LogP contribution < -0.4 is 4.90 Å². The molecule has 2 heterocycles. The van der Waals surface area contributed by atoms with Crippen LogP contribution in [0.2, 0.25) is 0 Å². The van der Waals surface area contributed by atoms with Crippen molar-refractivity contribution >= 4 is 15.8 Å². The summed E-state index contributed by atoms with van der Waals surface area (Å²) < 4.78 is 31.8. The minimum absolute atomic E-state index is 0.0519. The summed E-state index contributed by atoms with van der Waals surface area (Å²) in [6.45, 7) is 6.03. The van der Waals surface area contributed by atoms with Gasteiger partial charge in [0.1, 0.15) is 5.76 Å². The number of benzene rings is 1. The molecule has 1 fully saturated rings. The average Bonchev–Trinajstić information content (AvgIpc) is 2.96. The lowest BCUT2D eigenvalue weighted by Crippen LogP contribution is -2.49. The van der Waals surface area contributed by atoms with E-state index >= 15 is 0 Å². The maximum Gasteiger partial charge on any atom is 0.218 e. The van der Waals surface area contributed by atoms with Gasteiger partial charge in [0.05, 0.1) is 5.75 Å². The number of hydrogen-bond acceptors (Lipinski definition) is 5. The standard InChI is InChI=1S/C16H21N3O3S/c1-13-3-5-15(6-4-13)12-23(20,21)19-9-7-18(8-10-19)16-11-14(2)22-17-16/h3-6,11H,7-10,12H2,1-2H3. The monoisotopic (exact) mass is 335 g/mol. The molecule has 0 amide bonds. The Labute approximate surface area is 136 Å². The summed E-state index contributed by atoms with van der Waals surface area (Å²) in [7, 11) is -3.29. The number of rotatable bonds is 4. The summed E-state index contributed by atoms with van der Waals surface area (Å²) in [5, 5.41) is 3.99. The van der Waals surface area contributed by atoms with E-state index in [4.69, 9.17) is 4.52 Å². The molecular formula is C16H21N3O3S. The van der Waals surface area contributed by atoms with Gasteiger partial charge in [0, 0.05) is 32.2 Å². The highest BCUT2D eigenvalue weighted by atomic mass is 32.2. The first-order valence-electron chi connectivity index (χ1n) is 7.66. The molecule has 0 atom stereocenters. The molecule has 0 N–H and O–H groups in total. The fourth-order valence-electron chi connectivity index (χ4n) is 2.68. The van der Waals surface area contributed by atoms with E-state index in [-0.39, 0.29) is 5.75 Å². The van der Waals surface area contributed by atoms with Gasteiger partial charge in [-0.2, -0.15) is 4.31 Å². The first-order valence-corrected chi connectivity index (χ1v) is 9.26. The Kier molecular flexibility index (Phi) is 4.41. The molecule has 124 valence electrons. The summed E-state index contributed by atoms with van der Waals surface area (Å²) in [4.78, 5) is 2.05. The van der Waals surface area contributed by atoms with E-state index in [1.165, 1.54) is 0 Å². The molecule has 1 aromatic heterocycles. The quantitative estimate of drug-likeness (QED) is 0.854. The topological polar surface area (TPSA) is 66.7 Å². The van der Waals surface area contributed by atoms with Crippen molar-refractivity contribution in [2.45, 2.75) is 19.6 Å². The van der Waals surface area contributed by atoms with Crippen LogP contribution in [0.4, 0.5) is 5.82 Å². The first kappa shape index (κ1) is 16.0. The molecule has 23 heavy (non-hydrogen) atoms. The average molecular weight is 335 g/mol. The van der Waals surface area contributed by atoms with Gasteiger partial charge in [0.25, 0.3) is 0 Å². The van der Waals surface area contributed by atoms with E-state index in [9.17, 15) is 8.42 Å². The first-order chi connectivity index (χ1) is 10.9. The van der Waals surface area contributed by atoms with Crippen molar-refractivity contribution in [3.05, 3.63) is 47.2 Å². The molecule has 0 unspecified atom stereocenters. The SMILES string of the molecule is Cc1ccc(CS(=O)(=O)N2CCN(c3cc(C)on3)CC2)cc1. The van der Waals surface area contributed by atoms with Crippen LogP contribution in [0.3, 0.4) is 0 Å². The molecule has 1 aliphatic heterocycles. The molecule has 0 aliphatic carbocycles. The zero-order chi connectivity index (χ0) is 16.4. The second-order valence-corrected chi connectivity index (χ2v) is 7.89. The Hall–Kier alpha value is -1.86. The molecule has 6 nitrogen and oxygen atoms in total. The summed E-state index contributed by atoms with van der Waals surface area (Å²) in [5.74, 6) is 1.59. The summed E-state index contributed by atoms with van der Waals surface area (Å²) >= 11 is 0. The van der Waals surface area contributed by atoms with Crippen LogP contribution in [-0.4, -0.2) is 44.1 Å². The van der Waals surface area contributed by atoms with Crippen LogP contribution in [0, 0.1) is 13.8 Å². The van der Waals surface area contributed by atoms with E-state index in [2.05, 4.69) is 5.16 Å². The third-order valence-corrected chi connectivity index (χ3v) is 5.89. The van der Waals surface area contributed by atoms with E-state index in [0.29, 0.717) is 26.2 Å². The predicted octanol–water partition coefficient (Wildman–Crippen LogP) is 1.94. The van der Waals surface area contributed by atoms with Gasteiger partial charge in [-0.25, -0.2) is 8.42 Å². The molecule has 0 radical (unpaired) electrons. The van der Waals surface area contributed by atoms with Crippen LogP contribution in [0.5, 0.6) is 0 Å². The summed E-state index contributed by atoms with van der Waals surface area (Å²) in [6, 6.07) is 9.50. The lowest BCUT2D eigenvalue weighted by Gasteiger charge is -2.33. The Bertz CT molecular complexity index is 760. The van der Waals surface area contributed by atoms with Crippen LogP contribution in [0.15, 0.2) is 34.9 Å². The van der Waals surface area contributed by atoms with Crippen molar-refractivity contribution in [3.63, 3.8) is 0 Å². The Morgan fingerprint density at radius 1 is 1.09 bits per heavy atom. The molecular weight excluding hydrogens is 314 g/mol. The van der Waals surface area contributed by atoms with Crippen molar-refractivity contribution < 1.29 is 12.9 Å². The highest BCUT2D eigenvalue weighted by Gasteiger charge is 2.28. The normalized spacial score (nSPS) is 16.7. The molecule has 0 saturated carbocycles. The van der Waals surface area contributed by atoms with Gasteiger partial charge in [-0.05, 0) is 19.4 Å². The molecule has 0 bridgehead atoms. The highest BCUT2D eigenvalue weighted by Crippen LogP contribution is 2.19. The Balaban J connectivity index is 1.63. The number of aryl methyl sites for hydroxylation is 2. The van der Waals surface area contributed by atoms with Gasteiger partial charge in [-0.3, -0.25) is 0 Å². The summed E-state index contributed by atoms with van der Waals surface area (Å²) in [5.41, 5.74) is 1.95. The van der Waals surface area contributed by atoms with Gasteiger partial charge >= 0.3 is 0 Å². The van der Waals surface area contributed by atoms with Gasteiger partial charge in [-0.15, -0.1) is 0 Å². The number of nitrogens with zero attached hydrogens (tertiary/aromatic N) is 3. The predicted molar refractivity (Wildman–Crippen MR) is 88.8 cm³/mol. The smallest absolute Gasteiger partial charge is 0.218 e. The van der Waals surface area contributed by atoms with Crippen molar-refractivity contribution in [1.29, 1.82) is 0 Å². The van der Waals surface area contributed by atoms with E-state index in [1.807, 2.05) is 49.1 Å². The molecule has 2 aromatic rings. The van der Waals surface area contributed by atoms with Crippen LogP contribution in [-0.2, 0) is 15.8 Å². The molecule has 0 spiro atoms. The number of sulfonamides is 1. The van der Waals surface area contributed by atoms with E-state index in [1.54, 1.807) is 4.31 Å². The van der Waals surface area contributed by atoms with Gasteiger partial charge in [0.15, 0.2) is 5.82 Å². The van der Waals surface area contributed by atoms with Gasteiger partial charge in [0.2, 0.25) is 10.0 Å². The lowest BCUT2D eigenvalue weighted by atomic mass is 10.2. The van der Waals surface area contributed by atoms with Crippen molar-refractivity contribution in [3.8, 4) is 0 Å². The Morgan fingerprint density at radius 2 is 1.74 bits per heavy atom. The largest absolute Gasteiger partial charge is 0.360 e. The minimum Gasteiger partial charge on any atom is -0.360 e. The third kappa shape index (κ3) is 3.73. The molecule has 1 aromatic carbocycles. The maximum atomic E-state index is 12.6. The van der Waals surface area contributed by atoms with Crippen molar-refractivity contribution in [2.24, 2.45) is 0 Å². The number of hydrogen-bond donors (Lipinski definition) is 0. The second kappa shape index (κ2) is 6.33. The van der Waals surface area contributed by atoms with Crippen molar-refractivity contribution in [2.75, 3.05) is 31.1 Å². The molecule has 3 rings (SSSR count). The fraction of sp³-hybridized carbons (Fsp3) is 0.438. The number of piperazine rings is 1. The van der Waals surface area contributed by atoms with Gasteiger partial charge in [-0.1, -0.05) is 35.0 Å². The van der Waals surface area contributed by atoms with E-state index in [0.717, 1.165) is 22.7 Å². The van der Waals surface area contributed by atoms with Crippen LogP contribution in [0.1, 0.15) is 16.9 Å². The van der Waals surface area contributed by atoms with Crippen molar-refractivity contribution in [1.82, 2.24) is 9.46 Å². The molecule has 1 aliphatic rings. The zero-order valence-corrected chi connectivity index (χ0v) is 14.2. The number of aromatic nitrogens is 1. The zero-order valence-electron chi connectivity index (χ0n) is 13.4. The van der Waals surface area contributed by atoms with Crippen LogP contribution in [0.25, 0.3) is 0 Å². The minimum atomic E-state index is -3.29. The van der Waals surface area contributed by atoms with Crippen LogP contribution >= 0.6 is 0 Å². The molecule has 1 saturated heterocycles. The Morgan fingerprint density at radius 3 is 2.30 bits per heavy atom. The summed E-state index contributed by atoms with van der Waals surface area (Å²) in [6.07, 6.45) is 0. The number of anilines is 1. The van der Waals surface area contributed by atoms with Gasteiger partial charge < -0.3 is 9.42 Å². The highest BCUT2D eigenvalue weighted by molar-refractivity contribution is 7.88.